The average molecular weight is 518 g/mol. The topological polar surface area (TPSA) is 123 Å². The molecule has 1 aliphatic rings. The number of fused-ring (bicyclic) bond motifs is 2. The molecule has 0 fully saturated rings. The van der Waals surface area contributed by atoms with E-state index in [0.717, 1.165) is 5.69 Å². The number of pyridine rings is 1. The van der Waals surface area contributed by atoms with Crippen LogP contribution in [0.1, 0.15) is 53.3 Å². The van der Waals surface area contributed by atoms with E-state index in [2.05, 4.69) is 20.3 Å². The molecule has 0 aliphatic heterocycles. The zero-order valence-electron chi connectivity index (χ0n) is 20.9. The van der Waals surface area contributed by atoms with Gasteiger partial charge in [-0.2, -0.15) is 0 Å². The standard InChI is InChI=1S/C27H27N5O4S/c1-4-37(35,36)19-7-5-18(6-8-19)15-23(33)31-22-10-9-20-21(30-22)11-12-27(3,25(20)34)24-26-28-13-14-32(26)17(2)16-29-24/h5-10,13-14,16H,4,11-12,15H2,1-3H3,(H,30,31,33). The Hall–Kier alpha value is -3.92. The molecule has 1 N–H and O–H groups in total. The summed E-state index contributed by atoms with van der Waals surface area (Å²) in [6, 6.07) is 9.64. The van der Waals surface area contributed by atoms with Gasteiger partial charge in [-0.25, -0.2) is 18.4 Å². The number of rotatable bonds is 6. The summed E-state index contributed by atoms with van der Waals surface area (Å²) in [7, 11) is -3.29. The zero-order chi connectivity index (χ0) is 26.4. The van der Waals surface area contributed by atoms with Gasteiger partial charge in [-0.15, -0.1) is 0 Å². The van der Waals surface area contributed by atoms with Gasteiger partial charge in [-0.05, 0) is 56.5 Å². The first-order valence-corrected chi connectivity index (χ1v) is 13.7. The summed E-state index contributed by atoms with van der Waals surface area (Å²) in [5.74, 6) is 0.0429. The van der Waals surface area contributed by atoms with Crippen LogP contribution in [-0.4, -0.2) is 45.2 Å². The SMILES string of the molecule is CCS(=O)(=O)c1ccc(CC(=O)Nc2ccc3c(n2)CCC(C)(c2ncc(C)n4ccnc24)C3=O)cc1. The molecule has 4 aromatic rings. The number of carbonyl (C=O) groups excluding carboxylic acids is 2. The number of imidazole rings is 1. The first-order chi connectivity index (χ1) is 17.6. The van der Waals surface area contributed by atoms with Gasteiger partial charge in [0.05, 0.1) is 33.9 Å². The fraction of sp³-hybridized carbons (Fsp3) is 0.296. The summed E-state index contributed by atoms with van der Waals surface area (Å²) in [6.07, 6.45) is 6.47. The predicted octanol–water partition coefficient (Wildman–Crippen LogP) is 3.49. The van der Waals surface area contributed by atoms with E-state index in [0.29, 0.717) is 46.8 Å². The Morgan fingerprint density at radius 3 is 2.62 bits per heavy atom. The molecule has 3 aromatic heterocycles. The number of nitrogens with one attached hydrogen (secondary N) is 1. The molecule has 1 unspecified atom stereocenters. The maximum absolute atomic E-state index is 13.6. The Kier molecular flexibility index (Phi) is 6.15. The quantitative estimate of drug-likeness (QED) is 0.415. The van der Waals surface area contributed by atoms with Crippen molar-refractivity contribution in [3.05, 3.63) is 83.2 Å². The first kappa shape index (κ1) is 24.8. The van der Waals surface area contributed by atoms with Crippen molar-refractivity contribution in [3.63, 3.8) is 0 Å². The molecular formula is C27H27N5O4S. The molecule has 1 atom stereocenters. The zero-order valence-corrected chi connectivity index (χ0v) is 21.7. The molecule has 190 valence electrons. The second kappa shape index (κ2) is 9.19. The third kappa shape index (κ3) is 4.42. The molecule has 0 radical (unpaired) electrons. The van der Waals surface area contributed by atoms with E-state index in [4.69, 9.17) is 0 Å². The monoisotopic (exact) mass is 517 g/mol. The highest BCUT2D eigenvalue weighted by atomic mass is 32.2. The summed E-state index contributed by atoms with van der Waals surface area (Å²) >= 11 is 0. The number of aryl methyl sites for hydroxylation is 2. The molecule has 37 heavy (non-hydrogen) atoms. The van der Waals surface area contributed by atoms with Crippen LogP contribution in [0, 0.1) is 6.92 Å². The Bertz CT molecular complexity index is 1640. The van der Waals surface area contributed by atoms with Crippen LogP contribution in [-0.2, 0) is 32.9 Å². The second-order valence-corrected chi connectivity index (χ2v) is 11.8. The maximum atomic E-state index is 13.6. The van der Waals surface area contributed by atoms with Crippen LogP contribution in [0.4, 0.5) is 5.82 Å². The van der Waals surface area contributed by atoms with E-state index < -0.39 is 15.3 Å². The molecular weight excluding hydrogens is 490 g/mol. The Morgan fingerprint density at radius 2 is 1.89 bits per heavy atom. The van der Waals surface area contributed by atoms with Gasteiger partial charge < -0.3 is 9.72 Å². The Balaban J connectivity index is 1.33. The molecule has 10 heteroatoms. The van der Waals surface area contributed by atoms with E-state index in [9.17, 15) is 18.0 Å². The fourth-order valence-corrected chi connectivity index (χ4v) is 5.64. The van der Waals surface area contributed by atoms with Crippen LogP contribution in [0.3, 0.4) is 0 Å². The van der Waals surface area contributed by atoms with Gasteiger partial charge in [0.1, 0.15) is 5.82 Å². The smallest absolute Gasteiger partial charge is 0.229 e. The van der Waals surface area contributed by atoms with Gasteiger partial charge in [0.25, 0.3) is 0 Å². The van der Waals surface area contributed by atoms with Crippen molar-refractivity contribution < 1.29 is 18.0 Å². The molecule has 0 spiro atoms. The van der Waals surface area contributed by atoms with Crippen LogP contribution in [0.15, 0.2) is 59.9 Å². The summed E-state index contributed by atoms with van der Waals surface area (Å²) < 4.78 is 25.9. The van der Waals surface area contributed by atoms with E-state index in [1.54, 1.807) is 43.6 Å². The van der Waals surface area contributed by atoms with Gasteiger partial charge in [0.2, 0.25) is 5.91 Å². The van der Waals surface area contributed by atoms with Crippen LogP contribution in [0.25, 0.3) is 5.65 Å². The van der Waals surface area contributed by atoms with Crippen LogP contribution in [0.2, 0.25) is 0 Å². The van der Waals surface area contributed by atoms with Crippen LogP contribution >= 0.6 is 0 Å². The van der Waals surface area contributed by atoms with Crippen molar-refractivity contribution in [2.75, 3.05) is 11.1 Å². The van der Waals surface area contributed by atoms with Crippen molar-refractivity contribution in [1.82, 2.24) is 19.4 Å². The van der Waals surface area contributed by atoms with Crippen molar-refractivity contribution in [2.24, 2.45) is 0 Å². The van der Waals surface area contributed by atoms with Crippen LogP contribution in [0.5, 0.6) is 0 Å². The highest BCUT2D eigenvalue weighted by Gasteiger charge is 2.43. The van der Waals surface area contributed by atoms with Crippen molar-refractivity contribution in [3.8, 4) is 0 Å². The van der Waals surface area contributed by atoms with Gasteiger partial charge in [-0.1, -0.05) is 19.1 Å². The number of ketones is 1. The molecule has 3 heterocycles. The fourth-order valence-electron chi connectivity index (χ4n) is 4.76. The van der Waals surface area contributed by atoms with Crippen molar-refractivity contribution in [2.45, 2.75) is 50.3 Å². The van der Waals surface area contributed by atoms with E-state index >= 15 is 0 Å². The molecule has 0 bridgehead atoms. The molecule has 1 aromatic carbocycles. The second-order valence-electron chi connectivity index (χ2n) is 9.49. The van der Waals surface area contributed by atoms with Crippen molar-refractivity contribution in [1.29, 1.82) is 0 Å². The average Bonchev–Trinajstić information content (AvgIpc) is 3.38. The maximum Gasteiger partial charge on any atom is 0.229 e. The van der Waals surface area contributed by atoms with Gasteiger partial charge in [0, 0.05) is 29.8 Å². The lowest BCUT2D eigenvalue weighted by Gasteiger charge is -2.32. The third-order valence-corrected chi connectivity index (χ3v) is 8.76. The summed E-state index contributed by atoms with van der Waals surface area (Å²) in [5.41, 5.74) is 3.27. The highest BCUT2D eigenvalue weighted by molar-refractivity contribution is 7.91. The molecule has 0 saturated carbocycles. The third-order valence-electron chi connectivity index (χ3n) is 7.01. The minimum atomic E-state index is -3.29. The predicted molar refractivity (Wildman–Crippen MR) is 138 cm³/mol. The first-order valence-electron chi connectivity index (χ1n) is 12.1. The number of sulfone groups is 1. The molecule has 9 nitrogen and oxygen atoms in total. The number of hydrogen-bond acceptors (Lipinski definition) is 7. The molecule has 5 rings (SSSR count). The van der Waals surface area contributed by atoms with Gasteiger partial charge in [0.15, 0.2) is 21.3 Å². The number of anilines is 1. The lowest BCUT2D eigenvalue weighted by atomic mass is 9.71. The number of aromatic nitrogens is 4. The normalized spacial score (nSPS) is 17.5. The van der Waals surface area contributed by atoms with Crippen LogP contribution < -0.4 is 5.32 Å². The number of carbonyl (C=O) groups is 2. The Labute approximate surface area is 214 Å². The lowest BCUT2D eigenvalue weighted by molar-refractivity contribution is -0.115. The number of benzene rings is 1. The minimum Gasteiger partial charge on any atom is -0.310 e. The number of Topliss-reactive ketones (excluding diaryl/α,β-unsaturated/α-hetero) is 1. The van der Waals surface area contributed by atoms with Gasteiger partial charge >= 0.3 is 0 Å². The van der Waals surface area contributed by atoms with E-state index in [1.807, 2.05) is 24.4 Å². The largest absolute Gasteiger partial charge is 0.310 e. The molecule has 0 saturated heterocycles. The summed E-state index contributed by atoms with van der Waals surface area (Å²) in [5, 5.41) is 2.79. The summed E-state index contributed by atoms with van der Waals surface area (Å²) in [6.45, 7) is 5.43. The summed E-state index contributed by atoms with van der Waals surface area (Å²) in [4.78, 5) is 40.1. The lowest BCUT2D eigenvalue weighted by Crippen LogP contribution is -2.39. The van der Waals surface area contributed by atoms with Crippen molar-refractivity contribution >= 4 is 33.0 Å². The highest BCUT2D eigenvalue weighted by Crippen LogP contribution is 2.38. The number of nitrogens with zero attached hydrogens (tertiary/aromatic N) is 4. The van der Waals surface area contributed by atoms with E-state index in [-0.39, 0.29) is 28.8 Å². The number of amides is 1. The Morgan fingerprint density at radius 1 is 1.14 bits per heavy atom. The number of hydrogen-bond donors (Lipinski definition) is 1. The van der Waals surface area contributed by atoms with Gasteiger partial charge in [-0.3, -0.25) is 14.6 Å². The molecule has 1 aliphatic carbocycles. The van der Waals surface area contributed by atoms with E-state index in [1.165, 1.54) is 12.1 Å². The minimum absolute atomic E-state index is 0.0215. The molecule has 1 amide bonds.